The molecule has 6 nitrogen and oxygen atoms in total. The lowest BCUT2D eigenvalue weighted by molar-refractivity contribution is -0.274. The molecule has 0 aliphatic heterocycles. The Morgan fingerprint density at radius 3 is 2.50 bits per heavy atom. The maximum absolute atomic E-state index is 12.2. The first kappa shape index (κ1) is 14.2. The van der Waals surface area contributed by atoms with Crippen molar-refractivity contribution in [3.05, 3.63) is 36.5 Å². The molecule has 0 fully saturated rings. The number of hydrogen-bond acceptors (Lipinski definition) is 4. The van der Waals surface area contributed by atoms with Gasteiger partial charge in [-0.3, -0.25) is 9.82 Å². The molecule has 2 aromatic rings. The number of alkyl halides is 3. The van der Waals surface area contributed by atoms with Gasteiger partial charge in [0.15, 0.2) is 10.8 Å². The first-order chi connectivity index (χ1) is 9.28. The monoisotopic (exact) mass is 307 g/mol. The van der Waals surface area contributed by atoms with Crippen molar-refractivity contribution >= 4 is 15.7 Å². The first-order valence-electron chi connectivity index (χ1n) is 5.15. The molecule has 0 bridgehead atoms. The number of para-hydroxylation sites is 2. The molecule has 1 heterocycles. The molecule has 0 aliphatic carbocycles. The molecule has 0 saturated heterocycles. The van der Waals surface area contributed by atoms with Crippen LogP contribution in [0.2, 0.25) is 0 Å². The van der Waals surface area contributed by atoms with Crippen LogP contribution in [-0.4, -0.2) is 25.0 Å². The van der Waals surface area contributed by atoms with E-state index in [0.717, 1.165) is 18.2 Å². The number of nitrogens with zero attached hydrogens (tertiary/aromatic N) is 1. The van der Waals surface area contributed by atoms with Crippen molar-refractivity contribution in [1.82, 2.24) is 10.2 Å². The third-order valence-corrected chi connectivity index (χ3v) is 3.42. The summed E-state index contributed by atoms with van der Waals surface area (Å²) in [5.41, 5.74) is -0.334. The molecule has 0 saturated carbocycles. The van der Waals surface area contributed by atoms with Gasteiger partial charge < -0.3 is 4.74 Å². The maximum Gasteiger partial charge on any atom is 0.573 e. The van der Waals surface area contributed by atoms with Crippen LogP contribution < -0.4 is 9.46 Å². The minimum Gasteiger partial charge on any atom is -0.404 e. The Morgan fingerprint density at radius 1 is 1.20 bits per heavy atom. The molecule has 2 rings (SSSR count). The second kappa shape index (κ2) is 5.04. The van der Waals surface area contributed by atoms with E-state index in [-0.39, 0.29) is 10.7 Å². The highest BCUT2D eigenvalue weighted by atomic mass is 32.2. The lowest BCUT2D eigenvalue weighted by Gasteiger charge is -2.14. The number of halogens is 3. The second-order valence-electron chi connectivity index (χ2n) is 3.57. The molecule has 0 spiro atoms. The average Bonchev–Trinajstić information content (AvgIpc) is 2.83. The zero-order chi connectivity index (χ0) is 14.8. The van der Waals surface area contributed by atoms with Gasteiger partial charge in [-0.2, -0.15) is 13.5 Å². The first-order valence-corrected chi connectivity index (χ1v) is 6.63. The summed E-state index contributed by atoms with van der Waals surface area (Å²) in [6, 6.07) is 5.96. The molecule has 2 N–H and O–H groups in total. The fourth-order valence-corrected chi connectivity index (χ4v) is 2.34. The Morgan fingerprint density at radius 2 is 1.90 bits per heavy atom. The number of aromatic amines is 1. The molecular weight excluding hydrogens is 299 g/mol. The van der Waals surface area contributed by atoms with Crippen molar-refractivity contribution in [3.8, 4) is 5.75 Å². The van der Waals surface area contributed by atoms with E-state index in [9.17, 15) is 21.6 Å². The third kappa shape index (κ3) is 3.41. The molecule has 1 aromatic heterocycles. The Balaban J connectivity index is 2.31. The van der Waals surface area contributed by atoms with Gasteiger partial charge in [-0.05, 0) is 18.2 Å². The van der Waals surface area contributed by atoms with E-state index in [1.54, 1.807) is 0 Å². The van der Waals surface area contributed by atoms with Crippen LogP contribution >= 0.6 is 0 Å². The summed E-state index contributed by atoms with van der Waals surface area (Å²) in [6.45, 7) is 0. The van der Waals surface area contributed by atoms with Crippen LogP contribution in [0.4, 0.5) is 18.9 Å². The van der Waals surface area contributed by atoms with Gasteiger partial charge in [0.2, 0.25) is 0 Å². The van der Waals surface area contributed by atoms with Gasteiger partial charge in [0.25, 0.3) is 10.0 Å². The Bertz CT molecular complexity index is 683. The number of rotatable bonds is 4. The van der Waals surface area contributed by atoms with Crippen molar-refractivity contribution in [2.45, 2.75) is 11.4 Å². The van der Waals surface area contributed by atoms with Gasteiger partial charge in [-0.1, -0.05) is 12.1 Å². The van der Waals surface area contributed by atoms with Gasteiger partial charge in [-0.25, -0.2) is 0 Å². The summed E-state index contributed by atoms with van der Waals surface area (Å²) >= 11 is 0. The number of nitrogens with one attached hydrogen (secondary N) is 2. The normalized spacial score (nSPS) is 12.2. The van der Waals surface area contributed by atoms with Crippen LogP contribution in [0, 0.1) is 0 Å². The van der Waals surface area contributed by atoms with Crippen LogP contribution in [0.3, 0.4) is 0 Å². The number of hydrogen-bond donors (Lipinski definition) is 2. The zero-order valence-electron chi connectivity index (χ0n) is 9.68. The molecule has 0 atom stereocenters. The van der Waals surface area contributed by atoms with E-state index in [1.165, 1.54) is 18.3 Å². The van der Waals surface area contributed by atoms with Crippen LogP contribution in [0.5, 0.6) is 5.75 Å². The minimum atomic E-state index is -4.92. The van der Waals surface area contributed by atoms with Crippen molar-refractivity contribution < 1.29 is 26.3 Å². The summed E-state index contributed by atoms with van der Waals surface area (Å²) in [5, 5.41) is 5.38. The Kier molecular flexibility index (Phi) is 3.57. The summed E-state index contributed by atoms with van der Waals surface area (Å²) in [7, 11) is -4.06. The smallest absolute Gasteiger partial charge is 0.404 e. The highest BCUT2D eigenvalue weighted by Gasteiger charge is 2.32. The van der Waals surface area contributed by atoms with Crippen LogP contribution in [-0.2, 0) is 10.0 Å². The van der Waals surface area contributed by atoms with E-state index in [1.807, 2.05) is 4.72 Å². The molecule has 0 radical (unpaired) electrons. The largest absolute Gasteiger partial charge is 0.573 e. The Hall–Kier alpha value is -2.23. The number of benzene rings is 1. The van der Waals surface area contributed by atoms with Gasteiger partial charge in [0, 0.05) is 0 Å². The van der Waals surface area contributed by atoms with Crippen molar-refractivity contribution in [2.75, 3.05) is 4.72 Å². The summed E-state index contributed by atoms with van der Waals surface area (Å²) in [5.74, 6) is -0.650. The molecular formula is C10H8F3N3O3S. The molecule has 1 aromatic carbocycles. The van der Waals surface area contributed by atoms with Gasteiger partial charge in [-0.15, -0.1) is 13.2 Å². The number of aromatic nitrogens is 2. The number of ether oxygens (including phenoxy) is 1. The van der Waals surface area contributed by atoms with E-state index < -0.39 is 22.1 Å². The molecule has 0 aliphatic rings. The fraction of sp³-hybridized carbons (Fsp3) is 0.100. The van der Waals surface area contributed by atoms with Gasteiger partial charge in [0.05, 0.1) is 11.9 Å². The quantitative estimate of drug-likeness (QED) is 0.906. The summed E-state index contributed by atoms with van der Waals surface area (Å²) < 4.78 is 66.1. The highest BCUT2D eigenvalue weighted by Crippen LogP contribution is 2.31. The number of sulfonamides is 1. The zero-order valence-corrected chi connectivity index (χ0v) is 10.5. The minimum absolute atomic E-state index is 0.278. The Labute approximate surface area is 111 Å². The van der Waals surface area contributed by atoms with E-state index in [2.05, 4.69) is 14.9 Å². The van der Waals surface area contributed by atoms with Gasteiger partial charge in [0.1, 0.15) is 0 Å². The van der Waals surface area contributed by atoms with Crippen LogP contribution in [0.25, 0.3) is 0 Å². The SMILES string of the molecule is O=S(=O)(Nc1ccccc1OC(F)(F)F)c1ccn[nH]1. The van der Waals surface area contributed by atoms with Crippen molar-refractivity contribution in [1.29, 1.82) is 0 Å². The molecule has 108 valence electrons. The van der Waals surface area contributed by atoms with Crippen LogP contribution in [0.15, 0.2) is 41.6 Å². The molecule has 0 amide bonds. The standard InChI is InChI=1S/C10H8F3N3O3S/c11-10(12,13)19-8-4-2-1-3-7(8)16-20(17,18)9-5-6-14-15-9/h1-6,16H,(H,14,15). The summed E-state index contributed by atoms with van der Waals surface area (Å²) in [6.07, 6.45) is -3.72. The van der Waals surface area contributed by atoms with E-state index in [0.29, 0.717) is 0 Å². The predicted octanol–water partition coefficient (Wildman–Crippen LogP) is 2.11. The third-order valence-electron chi connectivity index (χ3n) is 2.12. The predicted molar refractivity (Wildman–Crippen MR) is 62.5 cm³/mol. The lowest BCUT2D eigenvalue weighted by atomic mass is 10.3. The van der Waals surface area contributed by atoms with Gasteiger partial charge >= 0.3 is 6.36 Å². The molecule has 20 heavy (non-hydrogen) atoms. The molecule has 10 heteroatoms. The van der Waals surface area contributed by atoms with E-state index >= 15 is 0 Å². The van der Waals surface area contributed by atoms with E-state index in [4.69, 9.17) is 0 Å². The fourth-order valence-electron chi connectivity index (χ4n) is 1.36. The maximum atomic E-state index is 12.2. The highest BCUT2D eigenvalue weighted by molar-refractivity contribution is 7.92. The summed E-state index contributed by atoms with van der Waals surface area (Å²) in [4.78, 5) is 0. The van der Waals surface area contributed by atoms with Crippen molar-refractivity contribution in [3.63, 3.8) is 0 Å². The van der Waals surface area contributed by atoms with Crippen molar-refractivity contribution in [2.24, 2.45) is 0 Å². The number of anilines is 1. The molecule has 0 unspecified atom stereocenters. The average molecular weight is 307 g/mol. The number of H-pyrrole nitrogens is 1. The topological polar surface area (TPSA) is 84.1 Å². The second-order valence-corrected chi connectivity index (χ2v) is 5.22. The lowest BCUT2D eigenvalue weighted by Crippen LogP contribution is -2.20. The van der Waals surface area contributed by atoms with Crippen LogP contribution in [0.1, 0.15) is 0 Å².